The van der Waals surface area contributed by atoms with Gasteiger partial charge in [-0.05, 0) is 73.3 Å². The standard InChI is InChI=1S/C28H38O5/c1-14-15(2)25(30)32-24(14)28(31)16(3)23-22(33-28)13-21-19-7-6-17-12-18(29)8-10-26(17,4)20(19)9-11-27(21,23)5/h8,10,12,14-16,19-24,31H,6-7,9,11,13H2,1-5H3/t14-,15-,16+,19-,20+,21+,22+,23+,24-,26+,27+,28+/m1/s1. The van der Waals surface area contributed by atoms with Crippen LogP contribution in [0.25, 0.3) is 0 Å². The molecule has 0 unspecified atom stereocenters. The smallest absolute Gasteiger partial charge is 0.309 e. The van der Waals surface area contributed by atoms with E-state index in [1.165, 1.54) is 5.57 Å². The van der Waals surface area contributed by atoms with Gasteiger partial charge >= 0.3 is 5.97 Å². The van der Waals surface area contributed by atoms with Crippen LogP contribution in [0.5, 0.6) is 0 Å². The van der Waals surface area contributed by atoms with Crippen LogP contribution in [0, 0.1) is 52.3 Å². The molecule has 2 heterocycles. The van der Waals surface area contributed by atoms with Gasteiger partial charge in [0, 0.05) is 17.3 Å². The van der Waals surface area contributed by atoms with Crippen LogP contribution >= 0.6 is 0 Å². The fraction of sp³-hybridized carbons (Fsp3) is 0.786. The Morgan fingerprint density at radius 3 is 2.55 bits per heavy atom. The van der Waals surface area contributed by atoms with Crippen molar-refractivity contribution < 1.29 is 24.2 Å². The van der Waals surface area contributed by atoms with Gasteiger partial charge in [0.2, 0.25) is 5.79 Å². The molecule has 4 aliphatic carbocycles. The molecule has 2 saturated heterocycles. The van der Waals surface area contributed by atoms with Gasteiger partial charge in [-0.1, -0.05) is 46.3 Å². The van der Waals surface area contributed by atoms with Crippen molar-refractivity contribution in [2.45, 2.75) is 84.7 Å². The highest BCUT2D eigenvalue weighted by molar-refractivity contribution is 6.01. The lowest BCUT2D eigenvalue weighted by Crippen LogP contribution is -2.54. The maximum Gasteiger partial charge on any atom is 0.309 e. The third-order valence-corrected chi connectivity index (χ3v) is 11.5. The predicted octanol–water partition coefficient (Wildman–Crippen LogP) is 4.44. The summed E-state index contributed by atoms with van der Waals surface area (Å²) in [5.74, 6) is 0.149. The topological polar surface area (TPSA) is 72.8 Å². The number of ether oxygens (including phenoxy) is 2. The Kier molecular flexibility index (Phi) is 4.55. The van der Waals surface area contributed by atoms with Gasteiger partial charge in [-0.15, -0.1) is 0 Å². The first-order chi connectivity index (χ1) is 15.5. The Labute approximate surface area is 197 Å². The van der Waals surface area contributed by atoms with Crippen molar-refractivity contribution in [1.82, 2.24) is 0 Å². The average Bonchev–Trinajstić information content (AvgIpc) is 3.31. The van der Waals surface area contributed by atoms with Crippen LogP contribution in [0.2, 0.25) is 0 Å². The van der Waals surface area contributed by atoms with E-state index in [0.717, 1.165) is 32.1 Å². The number of esters is 1. The second-order valence-corrected chi connectivity index (χ2v) is 12.6. The first-order valence-corrected chi connectivity index (χ1v) is 13.1. The number of carbonyl (C=O) groups excluding carboxylic acids is 2. The van der Waals surface area contributed by atoms with Crippen LogP contribution < -0.4 is 0 Å². The van der Waals surface area contributed by atoms with Crippen molar-refractivity contribution in [3.8, 4) is 0 Å². The summed E-state index contributed by atoms with van der Waals surface area (Å²) in [4.78, 5) is 24.3. The fourth-order valence-corrected chi connectivity index (χ4v) is 9.45. The van der Waals surface area contributed by atoms with Gasteiger partial charge in [0.05, 0.1) is 12.0 Å². The molecular weight excluding hydrogens is 416 g/mol. The number of hydrogen-bond donors (Lipinski definition) is 1. The van der Waals surface area contributed by atoms with Gasteiger partial charge in [0.15, 0.2) is 11.9 Å². The molecule has 0 radical (unpaired) electrons. The Bertz CT molecular complexity index is 967. The summed E-state index contributed by atoms with van der Waals surface area (Å²) in [6, 6.07) is 0. The molecule has 0 aromatic carbocycles. The number of allylic oxidation sites excluding steroid dienone is 4. The van der Waals surface area contributed by atoms with E-state index in [9.17, 15) is 14.7 Å². The molecule has 12 atom stereocenters. The molecule has 180 valence electrons. The van der Waals surface area contributed by atoms with Gasteiger partial charge in [-0.2, -0.15) is 0 Å². The molecule has 0 aromatic heterocycles. The summed E-state index contributed by atoms with van der Waals surface area (Å²) in [6.07, 6.45) is 10.6. The highest BCUT2D eigenvalue weighted by Gasteiger charge is 2.71. The third kappa shape index (κ3) is 2.67. The summed E-state index contributed by atoms with van der Waals surface area (Å²) in [5.41, 5.74) is 1.43. The van der Waals surface area contributed by atoms with Crippen LogP contribution in [0.15, 0.2) is 23.8 Å². The largest absolute Gasteiger partial charge is 0.456 e. The van der Waals surface area contributed by atoms with E-state index in [-0.39, 0.29) is 52.4 Å². The van der Waals surface area contributed by atoms with Crippen molar-refractivity contribution in [3.05, 3.63) is 23.8 Å². The highest BCUT2D eigenvalue weighted by atomic mass is 16.7. The van der Waals surface area contributed by atoms with Crippen molar-refractivity contribution >= 4 is 11.8 Å². The van der Waals surface area contributed by atoms with Crippen LogP contribution in [0.4, 0.5) is 0 Å². The summed E-state index contributed by atoms with van der Waals surface area (Å²) in [6.45, 7) is 10.8. The highest BCUT2D eigenvalue weighted by Crippen LogP contribution is 2.70. The van der Waals surface area contributed by atoms with E-state index < -0.39 is 11.9 Å². The van der Waals surface area contributed by atoms with Gasteiger partial charge < -0.3 is 14.6 Å². The zero-order chi connectivity index (χ0) is 23.5. The monoisotopic (exact) mass is 454 g/mol. The summed E-state index contributed by atoms with van der Waals surface area (Å²) < 4.78 is 12.2. The Hall–Kier alpha value is -1.46. The van der Waals surface area contributed by atoms with E-state index in [2.05, 4.69) is 26.8 Å². The van der Waals surface area contributed by atoms with E-state index in [1.807, 2.05) is 19.9 Å². The SMILES string of the molecule is C[C@H]1[C@H]([C@@]2(O)O[C@H]3C[C@H]4[C@@H]5CCC6=CC(=O)C=C[C@]6(C)[C@H]5CC[C@]4(C)[C@H]3[C@@H]2C)OC(=O)[C@@H]1C. The lowest BCUT2D eigenvalue weighted by molar-refractivity contribution is -0.270. The molecule has 0 amide bonds. The first kappa shape index (κ1) is 22.0. The van der Waals surface area contributed by atoms with Crippen molar-refractivity contribution in [2.24, 2.45) is 52.3 Å². The average molecular weight is 455 g/mol. The van der Waals surface area contributed by atoms with Gasteiger partial charge in [0.1, 0.15) is 0 Å². The number of ketones is 1. The molecule has 0 aromatic rings. The first-order valence-electron chi connectivity index (χ1n) is 13.1. The minimum absolute atomic E-state index is 0.00726. The lowest BCUT2D eigenvalue weighted by atomic mass is 9.47. The van der Waals surface area contributed by atoms with Gasteiger partial charge in [-0.3, -0.25) is 9.59 Å². The molecule has 3 saturated carbocycles. The minimum Gasteiger partial charge on any atom is -0.456 e. The van der Waals surface area contributed by atoms with Crippen molar-refractivity contribution in [1.29, 1.82) is 0 Å². The summed E-state index contributed by atoms with van der Waals surface area (Å²) >= 11 is 0. The molecule has 0 spiro atoms. The van der Waals surface area contributed by atoms with Crippen LogP contribution in [-0.4, -0.2) is 34.9 Å². The zero-order valence-electron chi connectivity index (χ0n) is 20.5. The molecule has 33 heavy (non-hydrogen) atoms. The fourth-order valence-electron chi connectivity index (χ4n) is 9.45. The quantitative estimate of drug-likeness (QED) is 0.593. The Balaban J connectivity index is 1.29. The Morgan fingerprint density at radius 1 is 1.09 bits per heavy atom. The third-order valence-electron chi connectivity index (χ3n) is 11.5. The molecule has 6 aliphatic rings. The summed E-state index contributed by atoms with van der Waals surface area (Å²) in [7, 11) is 0. The molecular formula is C28H38O5. The second kappa shape index (κ2) is 6.81. The maximum atomic E-state index is 12.2. The van der Waals surface area contributed by atoms with Gasteiger partial charge in [-0.25, -0.2) is 0 Å². The van der Waals surface area contributed by atoms with E-state index >= 15 is 0 Å². The molecule has 5 heteroatoms. The number of cyclic esters (lactones) is 1. The number of rotatable bonds is 1. The lowest BCUT2D eigenvalue weighted by Gasteiger charge is -2.57. The normalized spacial score (nSPS) is 57.2. The minimum atomic E-state index is -1.40. The molecule has 5 nitrogen and oxygen atoms in total. The van der Waals surface area contributed by atoms with Gasteiger partial charge in [0.25, 0.3) is 0 Å². The van der Waals surface area contributed by atoms with E-state index in [0.29, 0.717) is 17.8 Å². The zero-order valence-corrected chi connectivity index (χ0v) is 20.5. The van der Waals surface area contributed by atoms with Crippen LogP contribution in [-0.2, 0) is 19.1 Å². The van der Waals surface area contributed by atoms with E-state index in [1.54, 1.807) is 6.08 Å². The molecule has 1 N–H and O–H groups in total. The maximum absolute atomic E-state index is 12.2. The number of hydrogen-bond acceptors (Lipinski definition) is 5. The molecule has 2 aliphatic heterocycles. The Morgan fingerprint density at radius 2 is 1.85 bits per heavy atom. The van der Waals surface area contributed by atoms with E-state index in [4.69, 9.17) is 9.47 Å². The number of fused-ring (bicyclic) bond motifs is 7. The second-order valence-electron chi connectivity index (χ2n) is 12.6. The van der Waals surface area contributed by atoms with Crippen LogP contribution in [0.1, 0.15) is 66.7 Å². The molecule has 0 bridgehead atoms. The van der Waals surface area contributed by atoms with Crippen LogP contribution in [0.3, 0.4) is 0 Å². The summed E-state index contributed by atoms with van der Waals surface area (Å²) in [5, 5.41) is 11.8. The number of carbonyl (C=O) groups is 2. The molecule has 5 fully saturated rings. The van der Waals surface area contributed by atoms with Crippen molar-refractivity contribution in [2.75, 3.05) is 0 Å². The van der Waals surface area contributed by atoms with Crippen molar-refractivity contribution in [3.63, 3.8) is 0 Å². The predicted molar refractivity (Wildman–Crippen MR) is 123 cm³/mol. The number of aliphatic hydroxyl groups is 1. The molecule has 6 rings (SSSR count).